The second-order valence-corrected chi connectivity index (χ2v) is 4.15. The molecule has 0 fully saturated rings. The quantitative estimate of drug-likeness (QED) is 0.670. The van der Waals surface area contributed by atoms with Crippen molar-refractivity contribution < 1.29 is 10.2 Å². The van der Waals surface area contributed by atoms with Gasteiger partial charge in [0, 0.05) is 28.4 Å². The monoisotopic (exact) mass is 227 g/mol. The van der Waals surface area contributed by atoms with Gasteiger partial charge >= 0.3 is 0 Å². The maximum absolute atomic E-state index is 9.57. The fourth-order valence-corrected chi connectivity index (χ4v) is 2.42. The molecule has 0 aliphatic heterocycles. The Hall–Kier alpha value is -2.16. The molecule has 3 heteroatoms. The molecule has 0 bridgehead atoms. The Bertz CT molecular complexity index is 654. The molecule has 0 spiro atoms. The zero-order chi connectivity index (χ0) is 12.0. The average Bonchev–Trinajstić information content (AvgIpc) is 2.62. The van der Waals surface area contributed by atoms with Gasteiger partial charge in [-0.25, -0.2) is 0 Å². The first-order valence-electron chi connectivity index (χ1n) is 5.64. The van der Waals surface area contributed by atoms with Crippen LogP contribution in [-0.2, 0) is 6.54 Å². The fourth-order valence-electron chi connectivity index (χ4n) is 2.42. The first kappa shape index (κ1) is 10.0. The molecule has 86 valence electrons. The van der Waals surface area contributed by atoms with Gasteiger partial charge in [-0.1, -0.05) is 0 Å². The van der Waals surface area contributed by atoms with Crippen LogP contribution in [0.1, 0.15) is 6.92 Å². The van der Waals surface area contributed by atoms with E-state index in [1.54, 1.807) is 24.3 Å². The van der Waals surface area contributed by atoms with Crippen molar-refractivity contribution in [2.75, 3.05) is 0 Å². The number of benzene rings is 2. The molecule has 2 aromatic carbocycles. The molecule has 0 unspecified atom stereocenters. The number of nitrogens with zero attached hydrogens (tertiary/aromatic N) is 1. The van der Waals surface area contributed by atoms with Crippen molar-refractivity contribution >= 4 is 21.8 Å². The third-order valence-corrected chi connectivity index (χ3v) is 3.15. The lowest BCUT2D eigenvalue weighted by Crippen LogP contribution is -1.92. The number of fused-ring (bicyclic) bond motifs is 3. The molecule has 3 nitrogen and oxygen atoms in total. The van der Waals surface area contributed by atoms with Crippen LogP contribution in [0.4, 0.5) is 0 Å². The summed E-state index contributed by atoms with van der Waals surface area (Å²) in [6.45, 7) is 2.94. The highest BCUT2D eigenvalue weighted by Gasteiger charge is 2.10. The molecule has 1 aromatic heterocycles. The molecule has 0 saturated carbocycles. The lowest BCUT2D eigenvalue weighted by atomic mass is 10.1. The van der Waals surface area contributed by atoms with Crippen LogP contribution in [0.2, 0.25) is 0 Å². The third kappa shape index (κ3) is 1.35. The predicted octanol–water partition coefficient (Wildman–Crippen LogP) is 3.23. The second-order valence-electron chi connectivity index (χ2n) is 4.15. The highest BCUT2D eigenvalue weighted by atomic mass is 16.3. The Morgan fingerprint density at radius 2 is 1.35 bits per heavy atom. The molecule has 2 N–H and O–H groups in total. The summed E-state index contributed by atoms with van der Waals surface area (Å²) in [6.07, 6.45) is 0. The molecule has 0 radical (unpaired) electrons. The van der Waals surface area contributed by atoms with Crippen LogP contribution in [0.15, 0.2) is 36.4 Å². The molecule has 3 aromatic rings. The molecule has 0 atom stereocenters. The van der Waals surface area contributed by atoms with Gasteiger partial charge in [0.05, 0.1) is 0 Å². The van der Waals surface area contributed by atoms with Crippen molar-refractivity contribution in [1.29, 1.82) is 0 Å². The van der Waals surface area contributed by atoms with E-state index in [-0.39, 0.29) is 11.5 Å². The summed E-state index contributed by atoms with van der Waals surface area (Å²) in [5.74, 6) is 0.493. The first-order valence-corrected chi connectivity index (χ1v) is 5.64. The number of hydrogen-bond acceptors (Lipinski definition) is 2. The van der Waals surface area contributed by atoms with Gasteiger partial charge < -0.3 is 14.8 Å². The summed E-state index contributed by atoms with van der Waals surface area (Å²) in [4.78, 5) is 0. The first-order chi connectivity index (χ1) is 8.20. The van der Waals surface area contributed by atoms with Crippen LogP contribution in [-0.4, -0.2) is 14.8 Å². The summed E-state index contributed by atoms with van der Waals surface area (Å²) in [6, 6.07) is 10.7. The number of hydrogen-bond donors (Lipinski definition) is 2. The normalized spacial score (nSPS) is 11.4. The van der Waals surface area contributed by atoms with Gasteiger partial charge in [-0.3, -0.25) is 0 Å². The van der Waals surface area contributed by atoms with E-state index in [1.807, 2.05) is 12.1 Å². The number of phenols is 2. The molecule has 17 heavy (non-hydrogen) atoms. The van der Waals surface area contributed by atoms with Crippen LogP contribution in [0.5, 0.6) is 11.5 Å². The SMILES string of the molecule is CCn1c2ccc(O)cc2c2cc(O)ccc21. The zero-order valence-corrected chi connectivity index (χ0v) is 9.51. The van der Waals surface area contributed by atoms with Crippen LogP contribution >= 0.6 is 0 Å². The van der Waals surface area contributed by atoms with Gasteiger partial charge in [0.25, 0.3) is 0 Å². The van der Waals surface area contributed by atoms with E-state index in [1.165, 1.54) is 0 Å². The Morgan fingerprint density at radius 1 is 0.882 bits per heavy atom. The van der Waals surface area contributed by atoms with Crippen LogP contribution in [0.3, 0.4) is 0 Å². The van der Waals surface area contributed by atoms with E-state index >= 15 is 0 Å². The van der Waals surface area contributed by atoms with Gasteiger partial charge in [0.1, 0.15) is 11.5 Å². The topological polar surface area (TPSA) is 45.4 Å². The van der Waals surface area contributed by atoms with Crippen LogP contribution < -0.4 is 0 Å². The van der Waals surface area contributed by atoms with Crippen molar-refractivity contribution in [2.24, 2.45) is 0 Å². The van der Waals surface area contributed by atoms with Crippen molar-refractivity contribution in [3.63, 3.8) is 0 Å². The van der Waals surface area contributed by atoms with E-state index in [4.69, 9.17) is 0 Å². The minimum atomic E-state index is 0.246. The summed E-state index contributed by atoms with van der Waals surface area (Å²) >= 11 is 0. The molecule has 0 aliphatic carbocycles. The molecule has 1 heterocycles. The van der Waals surface area contributed by atoms with Gasteiger partial charge in [-0.15, -0.1) is 0 Å². The van der Waals surface area contributed by atoms with Crippen molar-refractivity contribution in [1.82, 2.24) is 4.57 Å². The minimum Gasteiger partial charge on any atom is -0.508 e. The molecule has 0 amide bonds. The number of rotatable bonds is 1. The molecule has 0 aliphatic rings. The number of aromatic hydroxyl groups is 2. The van der Waals surface area contributed by atoms with E-state index in [0.29, 0.717) is 0 Å². The van der Waals surface area contributed by atoms with E-state index < -0.39 is 0 Å². The summed E-state index contributed by atoms with van der Waals surface area (Å²) in [5, 5.41) is 21.1. The van der Waals surface area contributed by atoms with Gasteiger partial charge in [0.2, 0.25) is 0 Å². The summed E-state index contributed by atoms with van der Waals surface area (Å²) in [5.41, 5.74) is 2.15. The Balaban J connectivity index is 2.57. The number of aromatic nitrogens is 1. The summed E-state index contributed by atoms with van der Waals surface area (Å²) in [7, 11) is 0. The summed E-state index contributed by atoms with van der Waals surface area (Å²) < 4.78 is 2.17. The lowest BCUT2D eigenvalue weighted by molar-refractivity contribution is 0.475. The van der Waals surface area contributed by atoms with E-state index in [2.05, 4.69) is 11.5 Å². The van der Waals surface area contributed by atoms with Crippen molar-refractivity contribution in [3.05, 3.63) is 36.4 Å². The highest BCUT2D eigenvalue weighted by molar-refractivity contribution is 6.08. The average molecular weight is 227 g/mol. The van der Waals surface area contributed by atoms with Crippen molar-refractivity contribution in [3.8, 4) is 11.5 Å². The smallest absolute Gasteiger partial charge is 0.116 e. The standard InChI is InChI=1S/C14H13NO2/c1-2-15-13-5-3-9(16)7-11(13)12-8-10(17)4-6-14(12)15/h3-8,16-17H,2H2,1H3. The number of aryl methyl sites for hydroxylation is 1. The number of phenolic OH excluding ortho intramolecular Hbond substituents is 2. The van der Waals surface area contributed by atoms with Gasteiger partial charge in [-0.05, 0) is 43.3 Å². The van der Waals surface area contributed by atoms with Crippen LogP contribution in [0, 0.1) is 0 Å². The zero-order valence-electron chi connectivity index (χ0n) is 9.51. The predicted molar refractivity (Wildman–Crippen MR) is 68.4 cm³/mol. The highest BCUT2D eigenvalue weighted by Crippen LogP contribution is 2.33. The Labute approximate surface area is 98.5 Å². The van der Waals surface area contributed by atoms with E-state index in [9.17, 15) is 10.2 Å². The second kappa shape index (κ2) is 3.42. The van der Waals surface area contributed by atoms with Gasteiger partial charge in [-0.2, -0.15) is 0 Å². The fraction of sp³-hybridized carbons (Fsp3) is 0.143. The van der Waals surface area contributed by atoms with Crippen LogP contribution in [0.25, 0.3) is 21.8 Å². The third-order valence-electron chi connectivity index (χ3n) is 3.15. The molecular weight excluding hydrogens is 214 g/mol. The lowest BCUT2D eigenvalue weighted by Gasteiger charge is -2.02. The minimum absolute atomic E-state index is 0.246. The maximum Gasteiger partial charge on any atom is 0.116 e. The molecular formula is C14H13NO2. The molecule has 0 saturated heterocycles. The Morgan fingerprint density at radius 3 is 1.76 bits per heavy atom. The molecule has 3 rings (SSSR count). The van der Waals surface area contributed by atoms with Gasteiger partial charge in [0.15, 0.2) is 0 Å². The Kier molecular flexibility index (Phi) is 2.01. The largest absolute Gasteiger partial charge is 0.508 e. The van der Waals surface area contributed by atoms with Crippen molar-refractivity contribution in [2.45, 2.75) is 13.5 Å². The maximum atomic E-state index is 9.57. The van der Waals surface area contributed by atoms with E-state index in [0.717, 1.165) is 28.4 Å².